The highest BCUT2D eigenvalue weighted by molar-refractivity contribution is 5.42. The molecular weight excluding hydrogens is 218 g/mol. The minimum absolute atomic E-state index is 0.347. The first-order valence-corrected chi connectivity index (χ1v) is 5.38. The molecule has 1 heterocycles. The van der Waals surface area contributed by atoms with E-state index in [0.29, 0.717) is 18.1 Å². The molecule has 0 atom stereocenters. The number of rotatable bonds is 4. The summed E-state index contributed by atoms with van der Waals surface area (Å²) < 4.78 is 15.9. The van der Waals surface area contributed by atoms with Gasteiger partial charge >= 0.3 is 0 Å². The summed E-state index contributed by atoms with van der Waals surface area (Å²) in [6, 6.07) is 7.64. The second-order valence-electron chi connectivity index (χ2n) is 3.88. The van der Waals surface area contributed by atoms with Crippen LogP contribution in [-0.2, 0) is 6.61 Å². The predicted octanol–water partition coefficient (Wildman–Crippen LogP) is 2.88. The van der Waals surface area contributed by atoms with Crippen molar-refractivity contribution in [2.45, 2.75) is 20.5 Å². The van der Waals surface area contributed by atoms with E-state index in [9.17, 15) is 0 Å². The molecule has 0 spiro atoms. The lowest BCUT2D eigenvalue weighted by Gasteiger charge is -2.09. The maximum Gasteiger partial charge on any atom is 0.174 e. The number of ether oxygens (including phenoxy) is 2. The Morgan fingerprint density at radius 2 is 2.00 bits per heavy atom. The minimum atomic E-state index is 0.347. The van der Waals surface area contributed by atoms with Gasteiger partial charge in [-0.25, -0.2) is 0 Å². The van der Waals surface area contributed by atoms with Crippen LogP contribution in [0.5, 0.6) is 11.5 Å². The molecular formula is C13H15NO3. The first-order valence-electron chi connectivity index (χ1n) is 5.38. The van der Waals surface area contributed by atoms with Crippen LogP contribution >= 0.6 is 0 Å². The molecule has 0 unspecified atom stereocenters. The average molecular weight is 233 g/mol. The van der Waals surface area contributed by atoms with E-state index < -0.39 is 0 Å². The van der Waals surface area contributed by atoms with Crippen molar-refractivity contribution in [2.24, 2.45) is 0 Å². The summed E-state index contributed by atoms with van der Waals surface area (Å²) in [6.07, 6.45) is 0. The lowest BCUT2D eigenvalue weighted by Crippen LogP contribution is -1.96. The predicted molar refractivity (Wildman–Crippen MR) is 63.3 cm³/mol. The third kappa shape index (κ3) is 2.78. The standard InChI is InChI=1S/C13H15NO3/c1-9-4-5-12(13(6-9)15-3)16-8-11-7-10(2)14-17-11/h4-7H,8H2,1-3H3. The molecule has 0 aliphatic heterocycles. The van der Waals surface area contributed by atoms with Gasteiger partial charge in [0.25, 0.3) is 0 Å². The largest absolute Gasteiger partial charge is 0.493 e. The summed E-state index contributed by atoms with van der Waals surface area (Å²) in [4.78, 5) is 0. The average Bonchev–Trinajstić information content (AvgIpc) is 2.73. The number of hydrogen-bond donors (Lipinski definition) is 0. The third-order valence-corrected chi connectivity index (χ3v) is 2.37. The van der Waals surface area contributed by atoms with Gasteiger partial charge in [-0.2, -0.15) is 0 Å². The number of methoxy groups -OCH3 is 1. The Hall–Kier alpha value is -1.97. The Bertz CT molecular complexity index is 505. The van der Waals surface area contributed by atoms with Gasteiger partial charge in [0.2, 0.25) is 0 Å². The molecule has 1 aromatic heterocycles. The van der Waals surface area contributed by atoms with Crippen molar-refractivity contribution in [3.8, 4) is 11.5 Å². The van der Waals surface area contributed by atoms with Gasteiger partial charge in [0, 0.05) is 6.07 Å². The molecule has 4 nitrogen and oxygen atoms in total. The topological polar surface area (TPSA) is 44.5 Å². The quantitative estimate of drug-likeness (QED) is 0.814. The van der Waals surface area contributed by atoms with Gasteiger partial charge < -0.3 is 14.0 Å². The monoisotopic (exact) mass is 233 g/mol. The molecule has 0 N–H and O–H groups in total. The summed E-state index contributed by atoms with van der Waals surface area (Å²) >= 11 is 0. The molecule has 0 bridgehead atoms. The first-order chi connectivity index (χ1) is 8.19. The van der Waals surface area contributed by atoms with Crippen LogP contribution in [0.3, 0.4) is 0 Å². The molecule has 0 aliphatic carbocycles. The lowest BCUT2D eigenvalue weighted by atomic mass is 10.2. The van der Waals surface area contributed by atoms with Gasteiger partial charge in [-0.05, 0) is 31.5 Å². The Morgan fingerprint density at radius 1 is 1.18 bits per heavy atom. The molecule has 0 amide bonds. The smallest absolute Gasteiger partial charge is 0.174 e. The maximum atomic E-state index is 5.62. The maximum absolute atomic E-state index is 5.62. The van der Waals surface area contributed by atoms with Crippen molar-refractivity contribution < 1.29 is 14.0 Å². The summed E-state index contributed by atoms with van der Waals surface area (Å²) in [5, 5.41) is 3.80. The number of nitrogens with zero attached hydrogens (tertiary/aromatic N) is 1. The van der Waals surface area contributed by atoms with Crippen LogP contribution in [0.1, 0.15) is 17.0 Å². The molecule has 2 aromatic rings. The van der Waals surface area contributed by atoms with Crippen molar-refractivity contribution in [1.29, 1.82) is 0 Å². The van der Waals surface area contributed by atoms with Crippen molar-refractivity contribution in [3.63, 3.8) is 0 Å². The van der Waals surface area contributed by atoms with Gasteiger partial charge in [-0.1, -0.05) is 11.2 Å². The summed E-state index contributed by atoms with van der Waals surface area (Å²) in [7, 11) is 1.63. The number of benzene rings is 1. The van der Waals surface area contributed by atoms with Gasteiger partial charge in [-0.3, -0.25) is 0 Å². The summed E-state index contributed by atoms with van der Waals surface area (Å²) in [5.74, 6) is 2.12. The zero-order valence-corrected chi connectivity index (χ0v) is 10.2. The fourth-order valence-electron chi connectivity index (χ4n) is 1.53. The van der Waals surface area contributed by atoms with Crippen molar-refractivity contribution in [2.75, 3.05) is 7.11 Å². The van der Waals surface area contributed by atoms with E-state index in [1.54, 1.807) is 7.11 Å². The molecule has 0 fully saturated rings. The Labute approximate surface area is 100 Å². The molecule has 1 aromatic carbocycles. The number of hydrogen-bond acceptors (Lipinski definition) is 4. The van der Waals surface area contributed by atoms with E-state index in [-0.39, 0.29) is 0 Å². The number of aryl methyl sites for hydroxylation is 2. The van der Waals surface area contributed by atoms with Crippen molar-refractivity contribution >= 4 is 0 Å². The highest BCUT2D eigenvalue weighted by atomic mass is 16.5. The second-order valence-corrected chi connectivity index (χ2v) is 3.88. The first kappa shape index (κ1) is 11.5. The third-order valence-electron chi connectivity index (χ3n) is 2.37. The Kier molecular flexibility index (Phi) is 3.32. The van der Waals surface area contributed by atoms with Crippen LogP contribution in [0.25, 0.3) is 0 Å². The second kappa shape index (κ2) is 4.91. The molecule has 90 valence electrons. The molecule has 0 saturated carbocycles. The van der Waals surface area contributed by atoms with Crippen molar-refractivity contribution in [1.82, 2.24) is 5.16 Å². The van der Waals surface area contributed by atoms with Crippen molar-refractivity contribution in [3.05, 3.63) is 41.3 Å². The molecule has 17 heavy (non-hydrogen) atoms. The number of aromatic nitrogens is 1. The van der Waals surface area contributed by atoms with E-state index in [2.05, 4.69) is 5.16 Å². The van der Waals surface area contributed by atoms with Gasteiger partial charge in [0.05, 0.1) is 12.8 Å². The highest BCUT2D eigenvalue weighted by Gasteiger charge is 2.06. The van der Waals surface area contributed by atoms with Crippen LogP contribution in [-0.4, -0.2) is 12.3 Å². The van der Waals surface area contributed by atoms with Gasteiger partial charge in [-0.15, -0.1) is 0 Å². The Morgan fingerprint density at radius 3 is 2.65 bits per heavy atom. The van der Waals surface area contributed by atoms with E-state index in [1.807, 2.05) is 38.1 Å². The normalized spacial score (nSPS) is 10.3. The van der Waals surface area contributed by atoms with Crippen LogP contribution in [0, 0.1) is 13.8 Å². The zero-order valence-electron chi connectivity index (χ0n) is 10.2. The fourth-order valence-corrected chi connectivity index (χ4v) is 1.53. The van der Waals surface area contributed by atoms with Gasteiger partial charge in [0.1, 0.15) is 6.61 Å². The zero-order chi connectivity index (χ0) is 12.3. The summed E-state index contributed by atoms with van der Waals surface area (Å²) in [6.45, 7) is 4.23. The summed E-state index contributed by atoms with van der Waals surface area (Å²) in [5.41, 5.74) is 1.98. The molecule has 0 aliphatic rings. The minimum Gasteiger partial charge on any atom is -0.493 e. The molecule has 0 saturated heterocycles. The molecule has 0 radical (unpaired) electrons. The Balaban J connectivity index is 2.08. The molecule has 2 rings (SSSR count). The van der Waals surface area contributed by atoms with Crippen LogP contribution in [0.15, 0.2) is 28.8 Å². The van der Waals surface area contributed by atoms with Gasteiger partial charge in [0.15, 0.2) is 17.3 Å². The van der Waals surface area contributed by atoms with E-state index in [4.69, 9.17) is 14.0 Å². The van der Waals surface area contributed by atoms with Crippen LogP contribution in [0.4, 0.5) is 0 Å². The van der Waals surface area contributed by atoms with Crippen LogP contribution in [0.2, 0.25) is 0 Å². The SMILES string of the molecule is COc1cc(C)ccc1OCc1cc(C)no1. The van der Waals surface area contributed by atoms with E-state index in [1.165, 1.54) is 0 Å². The fraction of sp³-hybridized carbons (Fsp3) is 0.308. The molecule has 4 heteroatoms. The lowest BCUT2D eigenvalue weighted by molar-refractivity contribution is 0.238. The van der Waals surface area contributed by atoms with E-state index in [0.717, 1.165) is 17.0 Å². The van der Waals surface area contributed by atoms with Crippen LogP contribution < -0.4 is 9.47 Å². The van der Waals surface area contributed by atoms with E-state index >= 15 is 0 Å². The highest BCUT2D eigenvalue weighted by Crippen LogP contribution is 2.28.